The lowest BCUT2D eigenvalue weighted by atomic mass is 10.2. The number of nitrogens with zero attached hydrogens (tertiary/aromatic N) is 2. The molecule has 0 bridgehead atoms. The molecule has 1 N–H and O–H groups in total. The van der Waals surface area contributed by atoms with E-state index >= 15 is 0 Å². The Labute approximate surface area is 132 Å². The number of anilines is 1. The second-order valence-electron chi connectivity index (χ2n) is 3.86. The van der Waals surface area contributed by atoms with Gasteiger partial charge in [0.25, 0.3) is 0 Å². The molecular weight excluding hydrogens is 312 g/mol. The molecule has 0 aliphatic heterocycles. The van der Waals surface area contributed by atoms with Gasteiger partial charge in [0.2, 0.25) is 0 Å². The largest absolute Gasteiger partial charge is 0.388 e. The number of nitrogens with one attached hydrogen (secondary N) is 1. The minimum Gasteiger partial charge on any atom is -0.388 e. The third-order valence-corrected chi connectivity index (χ3v) is 2.74. The minimum atomic E-state index is -0.482. The average molecular weight is 322 g/mol. The molecule has 2 aromatic carbocycles. The SMILES string of the molecule is CNc1cc(Cl)cc(C#N)c1.N#Cc1cc(F)cc(Cl)c1. The van der Waals surface area contributed by atoms with Crippen molar-refractivity contribution in [3.05, 3.63) is 63.4 Å². The topological polar surface area (TPSA) is 59.6 Å². The van der Waals surface area contributed by atoms with Gasteiger partial charge in [-0.2, -0.15) is 10.5 Å². The van der Waals surface area contributed by atoms with Gasteiger partial charge in [-0.15, -0.1) is 0 Å². The Balaban J connectivity index is 0.000000211. The lowest BCUT2D eigenvalue weighted by molar-refractivity contribution is 0.627. The molecule has 0 atom stereocenters. The van der Waals surface area contributed by atoms with Crippen LogP contribution in [0.2, 0.25) is 10.0 Å². The van der Waals surface area contributed by atoms with Crippen molar-refractivity contribution in [1.29, 1.82) is 10.5 Å². The number of hydrogen-bond acceptors (Lipinski definition) is 3. The van der Waals surface area contributed by atoms with E-state index in [1.807, 2.05) is 6.07 Å². The molecule has 0 saturated carbocycles. The minimum absolute atomic E-state index is 0.241. The molecule has 0 radical (unpaired) electrons. The van der Waals surface area contributed by atoms with Crippen LogP contribution in [-0.2, 0) is 0 Å². The van der Waals surface area contributed by atoms with Crippen LogP contribution in [0, 0.1) is 28.5 Å². The van der Waals surface area contributed by atoms with E-state index in [0.29, 0.717) is 10.6 Å². The molecule has 21 heavy (non-hydrogen) atoms. The van der Waals surface area contributed by atoms with Gasteiger partial charge in [0, 0.05) is 22.8 Å². The molecule has 2 rings (SSSR count). The quantitative estimate of drug-likeness (QED) is 0.834. The van der Waals surface area contributed by atoms with Crippen LogP contribution in [0.4, 0.5) is 10.1 Å². The maximum atomic E-state index is 12.4. The van der Waals surface area contributed by atoms with Crippen molar-refractivity contribution in [1.82, 2.24) is 0 Å². The maximum absolute atomic E-state index is 12.4. The molecule has 0 aromatic heterocycles. The number of nitriles is 2. The van der Waals surface area contributed by atoms with Gasteiger partial charge in [-0.25, -0.2) is 4.39 Å². The Hall–Kier alpha value is -2.27. The first kappa shape index (κ1) is 16.8. The van der Waals surface area contributed by atoms with Crippen LogP contribution in [0.15, 0.2) is 36.4 Å². The van der Waals surface area contributed by atoms with Crippen LogP contribution in [0.1, 0.15) is 11.1 Å². The first-order valence-corrected chi connectivity index (χ1v) is 6.48. The molecule has 0 spiro atoms. The number of halogens is 3. The van der Waals surface area contributed by atoms with Crippen molar-refractivity contribution < 1.29 is 4.39 Å². The number of rotatable bonds is 1. The molecule has 2 aromatic rings. The first-order valence-electron chi connectivity index (χ1n) is 5.73. The van der Waals surface area contributed by atoms with E-state index in [9.17, 15) is 4.39 Å². The Morgan fingerprint density at radius 2 is 1.43 bits per heavy atom. The summed E-state index contributed by atoms with van der Waals surface area (Å²) in [4.78, 5) is 0. The molecule has 6 heteroatoms. The van der Waals surface area contributed by atoms with Gasteiger partial charge in [-0.1, -0.05) is 23.2 Å². The van der Waals surface area contributed by atoms with E-state index in [1.54, 1.807) is 31.3 Å². The zero-order chi connectivity index (χ0) is 15.8. The molecule has 0 aliphatic rings. The highest BCUT2D eigenvalue weighted by Crippen LogP contribution is 2.17. The second kappa shape index (κ2) is 8.11. The first-order chi connectivity index (χ1) is 9.98. The third-order valence-electron chi connectivity index (χ3n) is 2.31. The van der Waals surface area contributed by atoms with E-state index in [4.69, 9.17) is 33.7 Å². The Morgan fingerprint density at radius 1 is 0.905 bits per heavy atom. The zero-order valence-electron chi connectivity index (χ0n) is 11.0. The van der Waals surface area contributed by atoms with Crippen LogP contribution in [0.5, 0.6) is 0 Å². The maximum Gasteiger partial charge on any atom is 0.126 e. The summed E-state index contributed by atoms with van der Waals surface area (Å²) in [5.41, 5.74) is 1.67. The molecule has 0 fully saturated rings. The lowest BCUT2D eigenvalue weighted by Gasteiger charge is -1.99. The summed E-state index contributed by atoms with van der Waals surface area (Å²) in [5.74, 6) is -0.482. The van der Waals surface area contributed by atoms with Crippen LogP contribution >= 0.6 is 23.2 Å². The van der Waals surface area contributed by atoms with Crippen molar-refractivity contribution in [2.24, 2.45) is 0 Å². The van der Waals surface area contributed by atoms with Gasteiger partial charge in [0.1, 0.15) is 5.82 Å². The normalized spacial score (nSPS) is 8.86. The van der Waals surface area contributed by atoms with Gasteiger partial charge in [-0.05, 0) is 36.4 Å². The van der Waals surface area contributed by atoms with E-state index < -0.39 is 5.82 Å². The summed E-state index contributed by atoms with van der Waals surface area (Å²) in [5, 5.41) is 20.6. The van der Waals surface area contributed by atoms with Crippen LogP contribution in [0.25, 0.3) is 0 Å². The number of benzene rings is 2. The second-order valence-corrected chi connectivity index (χ2v) is 4.73. The fraction of sp³-hybridized carbons (Fsp3) is 0.0667. The fourth-order valence-electron chi connectivity index (χ4n) is 1.42. The molecule has 3 nitrogen and oxygen atoms in total. The van der Waals surface area contributed by atoms with Gasteiger partial charge < -0.3 is 5.32 Å². The summed E-state index contributed by atoms with van der Waals surface area (Å²) >= 11 is 11.2. The molecule has 0 saturated heterocycles. The average Bonchev–Trinajstić information content (AvgIpc) is 2.46. The standard InChI is InChI=1S/C8H7ClN2.C7H3ClFN/c1-11-8-3-6(5-10)2-7(9)4-8;8-6-1-5(4-10)2-7(9)3-6/h2-4,11H,1H3;1-3H. The highest BCUT2D eigenvalue weighted by atomic mass is 35.5. The third kappa shape index (κ3) is 5.71. The van der Waals surface area contributed by atoms with E-state index in [0.717, 1.165) is 17.8 Å². The van der Waals surface area contributed by atoms with Crippen LogP contribution in [-0.4, -0.2) is 7.05 Å². The Bertz CT molecular complexity index is 698. The highest BCUT2D eigenvalue weighted by Gasteiger charge is 1.96. The van der Waals surface area contributed by atoms with Crippen molar-refractivity contribution in [3.8, 4) is 12.1 Å². The lowest BCUT2D eigenvalue weighted by Crippen LogP contribution is -1.88. The monoisotopic (exact) mass is 321 g/mol. The smallest absolute Gasteiger partial charge is 0.126 e. The molecule has 0 amide bonds. The Morgan fingerprint density at radius 3 is 1.90 bits per heavy atom. The van der Waals surface area contributed by atoms with Gasteiger partial charge in [-0.3, -0.25) is 0 Å². The van der Waals surface area contributed by atoms with Crippen molar-refractivity contribution >= 4 is 28.9 Å². The molecule has 106 valence electrons. The van der Waals surface area contributed by atoms with Crippen molar-refractivity contribution in [3.63, 3.8) is 0 Å². The summed E-state index contributed by atoms with van der Waals surface area (Å²) in [6, 6.07) is 12.6. The Kier molecular flexibility index (Phi) is 6.49. The predicted molar refractivity (Wildman–Crippen MR) is 81.8 cm³/mol. The van der Waals surface area contributed by atoms with Gasteiger partial charge in [0.05, 0.1) is 23.3 Å². The van der Waals surface area contributed by atoms with Crippen LogP contribution in [0.3, 0.4) is 0 Å². The zero-order valence-corrected chi connectivity index (χ0v) is 12.5. The van der Waals surface area contributed by atoms with Crippen LogP contribution < -0.4 is 5.32 Å². The predicted octanol–water partition coefficient (Wildman–Crippen LogP) is 4.60. The van der Waals surface area contributed by atoms with Crippen molar-refractivity contribution in [2.45, 2.75) is 0 Å². The summed E-state index contributed by atoms with van der Waals surface area (Å²) < 4.78 is 12.4. The number of hydrogen-bond donors (Lipinski definition) is 1. The van der Waals surface area contributed by atoms with Crippen molar-refractivity contribution in [2.75, 3.05) is 12.4 Å². The van der Waals surface area contributed by atoms with E-state index in [1.165, 1.54) is 6.07 Å². The fourth-order valence-corrected chi connectivity index (χ4v) is 1.87. The summed E-state index contributed by atoms with van der Waals surface area (Å²) in [6.07, 6.45) is 0. The highest BCUT2D eigenvalue weighted by molar-refractivity contribution is 6.31. The summed E-state index contributed by atoms with van der Waals surface area (Å²) in [6.45, 7) is 0. The van der Waals surface area contributed by atoms with E-state index in [-0.39, 0.29) is 10.6 Å². The molecule has 0 heterocycles. The molecule has 0 unspecified atom stereocenters. The molecular formula is C15H10Cl2FN3. The van der Waals surface area contributed by atoms with Gasteiger partial charge in [0.15, 0.2) is 0 Å². The summed E-state index contributed by atoms with van der Waals surface area (Å²) in [7, 11) is 1.78. The van der Waals surface area contributed by atoms with E-state index in [2.05, 4.69) is 5.32 Å². The molecule has 0 aliphatic carbocycles. The van der Waals surface area contributed by atoms with Gasteiger partial charge >= 0.3 is 0 Å².